The van der Waals surface area contributed by atoms with Crippen LogP contribution in [0.5, 0.6) is 11.5 Å². The topological polar surface area (TPSA) is 86.8 Å². The number of carbonyl (C=O) groups excluding carboxylic acids is 2. The molecule has 1 amide bonds. The maximum Gasteiger partial charge on any atom is 0.306 e. The van der Waals surface area contributed by atoms with Gasteiger partial charge in [0, 0.05) is 17.4 Å². The number of carbonyl (C=O) groups is 2. The Morgan fingerprint density at radius 3 is 2.28 bits per heavy atom. The molecule has 9 heteroatoms. The number of hydrogen-bond donors (Lipinski definition) is 1. The summed E-state index contributed by atoms with van der Waals surface area (Å²) in [6.07, 6.45) is 1.95. The van der Waals surface area contributed by atoms with Gasteiger partial charge in [-0.3, -0.25) is 14.9 Å². The van der Waals surface area contributed by atoms with Gasteiger partial charge in [-0.05, 0) is 39.8 Å². The number of methoxy groups -OCH3 is 1. The molecule has 2 aromatic rings. The number of thioether (sulfide) groups is 1. The van der Waals surface area contributed by atoms with Gasteiger partial charge in [-0.25, -0.2) is 4.98 Å². The first kappa shape index (κ1) is 23.0. The first-order chi connectivity index (χ1) is 13.8. The molecule has 1 aromatic heterocycles. The summed E-state index contributed by atoms with van der Waals surface area (Å²) in [5.41, 5.74) is 0.425. The number of esters is 1. The van der Waals surface area contributed by atoms with E-state index in [2.05, 4.69) is 15.0 Å². The molecule has 0 bridgehead atoms. The van der Waals surface area contributed by atoms with E-state index >= 15 is 0 Å². The Kier molecular flexibility index (Phi) is 8.78. The predicted octanol–water partition coefficient (Wildman–Crippen LogP) is 4.63. The van der Waals surface area contributed by atoms with E-state index in [1.807, 2.05) is 27.7 Å². The molecule has 0 aliphatic carbocycles. The first-order valence-electron chi connectivity index (χ1n) is 9.22. The predicted molar refractivity (Wildman–Crippen MR) is 115 cm³/mol. The summed E-state index contributed by atoms with van der Waals surface area (Å²) in [7, 11) is 1.37. The fourth-order valence-electron chi connectivity index (χ4n) is 2.27. The van der Waals surface area contributed by atoms with Crippen molar-refractivity contribution in [2.45, 2.75) is 50.5 Å². The molecule has 2 rings (SSSR count). The lowest BCUT2D eigenvalue weighted by Gasteiger charge is -2.15. The molecular weight excluding hydrogens is 412 g/mol. The number of hydrogen-bond acceptors (Lipinski definition) is 8. The number of aromatic nitrogens is 1. The van der Waals surface area contributed by atoms with Crippen LogP contribution in [0.15, 0.2) is 28.6 Å². The summed E-state index contributed by atoms with van der Waals surface area (Å²) < 4.78 is 17.0. The second kappa shape index (κ2) is 11.1. The van der Waals surface area contributed by atoms with Gasteiger partial charge in [0.2, 0.25) is 0 Å². The molecule has 1 heterocycles. The molecule has 0 radical (unpaired) electrons. The van der Waals surface area contributed by atoms with E-state index in [9.17, 15) is 9.59 Å². The lowest BCUT2D eigenvalue weighted by atomic mass is 10.2. The van der Waals surface area contributed by atoms with Crippen molar-refractivity contribution in [3.8, 4) is 11.5 Å². The molecule has 0 saturated carbocycles. The Labute approximate surface area is 179 Å². The average molecular weight is 439 g/mol. The zero-order valence-electron chi connectivity index (χ0n) is 17.2. The minimum absolute atomic E-state index is 0.0243. The van der Waals surface area contributed by atoms with E-state index in [0.29, 0.717) is 34.4 Å². The summed E-state index contributed by atoms with van der Waals surface area (Å²) in [4.78, 5) is 28.1. The summed E-state index contributed by atoms with van der Waals surface area (Å²) >= 11 is 2.84. The van der Waals surface area contributed by atoms with Crippen molar-refractivity contribution in [1.82, 2.24) is 4.98 Å². The molecule has 0 aliphatic rings. The highest BCUT2D eigenvalue weighted by Crippen LogP contribution is 2.30. The molecule has 1 N–H and O–H groups in total. The van der Waals surface area contributed by atoms with Crippen LogP contribution in [0.2, 0.25) is 0 Å². The van der Waals surface area contributed by atoms with Gasteiger partial charge in [-0.2, -0.15) is 0 Å². The molecule has 0 atom stereocenters. The van der Waals surface area contributed by atoms with Crippen molar-refractivity contribution in [2.75, 3.05) is 18.2 Å². The fraction of sp³-hybridized carbons (Fsp3) is 0.450. The molecule has 0 unspecified atom stereocenters. The third kappa shape index (κ3) is 7.94. The van der Waals surface area contributed by atoms with Crippen LogP contribution in [0.4, 0.5) is 5.13 Å². The minimum Gasteiger partial charge on any atom is -0.491 e. The van der Waals surface area contributed by atoms with Crippen LogP contribution >= 0.6 is 23.1 Å². The molecule has 0 fully saturated rings. The van der Waals surface area contributed by atoms with Gasteiger partial charge >= 0.3 is 5.97 Å². The van der Waals surface area contributed by atoms with Crippen LogP contribution in [0.1, 0.15) is 44.5 Å². The highest BCUT2D eigenvalue weighted by molar-refractivity contribution is 8.01. The van der Waals surface area contributed by atoms with Crippen LogP contribution < -0.4 is 14.8 Å². The third-order valence-electron chi connectivity index (χ3n) is 3.37. The molecule has 29 heavy (non-hydrogen) atoms. The van der Waals surface area contributed by atoms with E-state index in [1.165, 1.54) is 30.2 Å². The Bertz CT molecular complexity index is 808. The standard InChI is InChI=1S/C20H26N2O5S2/c1-12(2)26-15-8-14(9-16(10-15)27-13(3)4)19(24)22-20-21-11-18(29-20)28-7-6-17(23)25-5/h8-13H,6-7H2,1-5H3,(H,21,22,24). The molecule has 0 aliphatic heterocycles. The Balaban J connectivity index is 2.06. The van der Waals surface area contributed by atoms with Crippen molar-refractivity contribution in [1.29, 1.82) is 0 Å². The number of anilines is 1. The van der Waals surface area contributed by atoms with Crippen LogP contribution in [0.25, 0.3) is 0 Å². The molecule has 158 valence electrons. The average Bonchev–Trinajstić information content (AvgIpc) is 3.07. The zero-order chi connectivity index (χ0) is 21.4. The van der Waals surface area contributed by atoms with Gasteiger partial charge in [0.1, 0.15) is 11.5 Å². The highest BCUT2D eigenvalue weighted by atomic mass is 32.2. The number of amides is 1. The SMILES string of the molecule is COC(=O)CCSc1cnc(NC(=O)c2cc(OC(C)C)cc(OC(C)C)c2)s1. The fourth-order valence-corrected chi connectivity index (χ4v) is 4.14. The van der Waals surface area contributed by atoms with Crippen LogP contribution in [-0.2, 0) is 9.53 Å². The van der Waals surface area contributed by atoms with Crippen molar-refractivity contribution < 1.29 is 23.8 Å². The Morgan fingerprint density at radius 2 is 1.72 bits per heavy atom. The number of nitrogens with one attached hydrogen (secondary N) is 1. The second-order valence-corrected chi connectivity index (χ2v) is 9.07. The molecule has 0 saturated heterocycles. The van der Waals surface area contributed by atoms with E-state index in [1.54, 1.807) is 24.4 Å². The maximum absolute atomic E-state index is 12.7. The lowest BCUT2D eigenvalue weighted by molar-refractivity contribution is -0.140. The van der Waals surface area contributed by atoms with Crippen molar-refractivity contribution in [2.24, 2.45) is 0 Å². The van der Waals surface area contributed by atoms with Gasteiger partial charge < -0.3 is 14.2 Å². The lowest BCUT2D eigenvalue weighted by Crippen LogP contribution is -2.14. The van der Waals surface area contributed by atoms with Crippen molar-refractivity contribution in [3.05, 3.63) is 30.0 Å². The summed E-state index contributed by atoms with van der Waals surface area (Å²) in [5.74, 6) is 1.18. The second-order valence-electron chi connectivity index (χ2n) is 6.64. The molecule has 7 nitrogen and oxygen atoms in total. The monoisotopic (exact) mass is 438 g/mol. The van der Waals surface area contributed by atoms with Gasteiger partial charge in [0.25, 0.3) is 5.91 Å². The summed E-state index contributed by atoms with van der Waals surface area (Å²) in [5, 5.41) is 3.29. The molecular formula is C20H26N2O5S2. The number of ether oxygens (including phenoxy) is 3. The quantitative estimate of drug-likeness (QED) is 0.428. The van der Waals surface area contributed by atoms with Crippen LogP contribution in [0.3, 0.4) is 0 Å². The maximum atomic E-state index is 12.7. The normalized spacial score (nSPS) is 10.9. The molecule has 1 aromatic carbocycles. The van der Waals surface area contributed by atoms with Gasteiger partial charge in [0.15, 0.2) is 5.13 Å². The van der Waals surface area contributed by atoms with E-state index in [-0.39, 0.29) is 24.1 Å². The number of nitrogens with zero attached hydrogens (tertiary/aromatic N) is 1. The third-order valence-corrected chi connectivity index (χ3v) is 5.48. The van der Waals surface area contributed by atoms with Crippen molar-refractivity contribution >= 4 is 40.1 Å². The molecule has 0 spiro atoms. The summed E-state index contributed by atoms with van der Waals surface area (Å²) in [6.45, 7) is 7.69. The highest BCUT2D eigenvalue weighted by Gasteiger charge is 2.14. The van der Waals surface area contributed by atoms with E-state index in [0.717, 1.165) is 4.21 Å². The Morgan fingerprint density at radius 1 is 1.10 bits per heavy atom. The first-order valence-corrected chi connectivity index (χ1v) is 11.0. The smallest absolute Gasteiger partial charge is 0.306 e. The number of benzene rings is 1. The largest absolute Gasteiger partial charge is 0.491 e. The van der Waals surface area contributed by atoms with E-state index in [4.69, 9.17) is 9.47 Å². The van der Waals surface area contributed by atoms with Gasteiger partial charge in [-0.15, -0.1) is 11.8 Å². The van der Waals surface area contributed by atoms with E-state index < -0.39 is 0 Å². The number of rotatable bonds is 10. The Hall–Kier alpha value is -2.26. The van der Waals surface area contributed by atoms with Crippen LogP contribution in [0, 0.1) is 0 Å². The minimum atomic E-state index is -0.298. The number of thiazole rings is 1. The van der Waals surface area contributed by atoms with Gasteiger partial charge in [-0.1, -0.05) is 11.3 Å². The summed E-state index contributed by atoms with van der Waals surface area (Å²) in [6, 6.07) is 5.14. The zero-order valence-corrected chi connectivity index (χ0v) is 18.8. The van der Waals surface area contributed by atoms with Gasteiger partial charge in [0.05, 0.1) is 36.1 Å². The van der Waals surface area contributed by atoms with Crippen LogP contribution in [-0.4, -0.2) is 41.9 Å². The van der Waals surface area contributed by atoms with Crippen molar-refractivity contribution in [3.63, 3.8) is 0 Å².